The largest absolute Gasteiger partial charge is 0.462 e. The van der Waals surface area contributed by atoms with Crippen LogP contribution in [0.3, 0.4) is 0 Å². The molecule has 0 fully saturated rings. The molecule has 0 bridgehead atoms. The Balaban J connectivity index is 2.02. The lowest BCUT2D eigenvalue weighted by molar-refractivity contribution is 0.0525. The molecule has 1 aromatic heterocycles. The number of rotatable bonds is 4. The standard InChI is InChI=1S/C18H15ClN2O3/c1-2-24-18(23)13-6-4-3-5-11(13)9-16-20-15-10-12(19)7-8-14(15)17(22)21-16/h3-8,10H,2,9H2,1H3,(H,20,21,22). The maximum absolute atomic E-state index is 12.2. The molecule has 122 valence electrons. The van der Waals surface area contributed by atoms with Crippen LogP contribution in [0.4, 0.5) is 0 Å². The Bertz CT molecular complexity index is 966. The zero-order valence-corrected chi connectivity index (χ0v) is 13.8. The molecule has 3 rings (SSSR count). The molecule has 0 unspecified atom stereocenters. The number of nitrogens with zero attached hydrogens (tertiary/aromatic N) is 1. The van der Waals surface area contributed by atoms with Crippen LogP contribution < -0.4 is 5.56 Å². The van der Waals surface area contributed by atoms with Crippen molar-refractivity contribution in [3.63, 3.8) is 0 Å². The van der Waals surface area contributed by atoms with E-state index < -0.39 is 0 Å². The lowest BCUT2D eigenvalue weighted by atomic mass is 10.0. The number of carbonyl (C=O) groups excluding carboxylic acids is 1. The molecule has 1 heterocycles. The summed E-state index contributed by atoms with van der Waals surface area (Å²) < 4.78 is 5.07. The first-order valence-corrected chi connectivity index (χ1v) is 7.89. The van der Waals surface area contributed by atoms with E-state index in [0.717, 1.165) is 5.56 Å². The van der Waals surface area contributed by atoms with Crippen LogP contribution in [0.5, 0.6) is 0 Å². The molecule has 2 aromatic carbocycles. The van der Waals surface area contributed by atoms with E-state index in [9.17, 15) is 9.59 Å². The maximum atomic E-state index is 12.2. The molecule has 0 aliphatic rings. The number of nitrogens with one attached hydrogen (secondary N) is 1. The first kappa shape index (κ1) is 16.2. The topological polar surface area (TPSA) is 72.0 Å². The van der Waals surface area contributed by atoms with Crippen molar-refractivity contribution < 1.29 is 9.53 Å². The Morgan fingerprint density at radius 1 is 1.25 bits per heavy atom. The van der Waals surface area contributed by atoms with E-state index in [1.165, 1.54) is 0 Å². The molecule has 0 amide bonds. The third-order valence-electron chi connectivity index (χ3n) is 3.59. The minimum atomic E-state index is -0.390. The predicted octanol–water partition coefficient (Wildman–Crippen LogP) is 3.34. The zero-order valence-electron chi connectivity index (χ0n) is 13.0. The van der Waals surface area contributed by atoms with Gasteiger partial charge in [0, 0.05) is 11.4 Å². The number of carbonyl (C=O) groups is 1. The van der Waals surface area contributed by atoms with Crippen LogP contribution in [0.15, 0.2) is 47.3 Å². The Labute approximate surface area is 143 Å². The number of esters is 1. The summed E-state index contributed by atoms with van der Waals surface area (Å²) in [7, 11) is 0. The summed E-state index contributed by atoms with van der Waals surface area (Å²) in [6, 6.07) is 12.0. The summed E-state index contributed by atoms with van der Waals surface area (Å²) in [4.78, 5) is 31.4. The van der Waals surface area contributed by atoms with Crippen LogP contribution in [0.25, 0.3) is 10.9 Å². The fourth-order valence-corrected chi connectivity index (χ4v) is 2.67. The van der Waals surface area contributed by atoms with Crippen LogP contribution in [-0.4, -0.2) is 22.5 Å². The predicted molar refractivity (Wildman–Crippen MR) is 92.6 cm³/mol. The van der Waals surface area contributed by atoms with Crippen molar-refractivity contribution in [2.75, 3.05) is 6.61 Å². The molecule has 6 heteroatoms. The van der Waals surface area contributed by atoms with Crippen molar-refractivity contribution in [2.24, 2.45) is 0 Å². The van der Waals surface area contributed by atoms with Crippen molar-refractivity contribution in [3.8, 4) is 0 Å². The molecule has 0 atom stereocenters. The number of aromatic amines is 1. The molecule has 24 heavy (non-hydrogen) atoms. The van der Waals surface area contributed by atoms with E-state index in [-0.39, 0.29) is 11.5 Å². The highest BCUT2D eigenvalue weighted by atomic mass is 35.5. The van der Waals surface area contributed by atoms with Gasteiger partial charge in [-0.25, -0.2) is 9.78 Å². The third kappa shape index (κ3) is 3.31. The molecule has 0 spiro atoms. The minimum Gasteiger partial charge on any atom is -0.462 e. The van der Waals surface area contributed by atoms with E-state index >= 15 is 0 Å². The third-order valence-corrected chi connectivity index (χ3v) is 3.82. The molecular formula is C18H15ClN2O3. The van der Waals surface area contributed by atoms with E-state index in [2.05, 4.69) is 9.97 Å². The number of benzene rings is 2. The van der Waals surface area contributed by atoms with Crippen LogP contribution in [0.2, 0.25) is 5.02 Å². The number of aromatic nitrogens is 2. The van der Waals surface area contributed by atoms with Crippen molar-refractivity contribution in [2.45, 2.75) is 13.3 Å². The molecule has 3 aromatic rings. The van der Waals surface area contributed by atoms with Gasteiger partial charge in [-0.1, -0.05) is 29.8 Å². The van der Waals surface area contributed by atoms with E-state index in [1.807, 2.05) is 12.1 Å². The summed E-state index contributed by atoms with van der Waals surface area (Å²) in [6.07, 6.45) is 0.312. The van der Waals surface area contributed by atoms with Gasteiger partial charge in [0.1, 0.15) is 5.82 Å². The van der Waals surface area contributed by atoms with E-state index in [1.54, 1.807) is 37.3 Å². The Morgan fingerprint density at radius 2 is 2.04 bits per heavy atom. The van der Waals surface area contributed by atoms with Gasteiger partial charge in [-0.05, 0) is 36.8 Å². The smallest absolute Gasteiger partial charge is 0.338 e. The second-order valence-electron chi connectivity index (χ2n) is 5.23. The summed E-state index contributed by atoms with van der Waals surface area (Å²) >= 11 is 5.97. The summed E-state index contributed by atoms with van der Waals surface area (Å²) in [5.74, 6) is 0.0748. The molecule has 0 saturated carbocycles. The number of fused-ring (bicyclic) bond motifs is 1. The maximum Gasteiger partial charge on any atom is 0.338 e. The van der Waals surface area contributed by atoms with Crippen molar-refractivity contribution in [1.82, 2.24) is 9.97 Å². The highest BCUT2D eigenvalue weighted by Crippen LogP contribution is 2.17. The quantitative estimate of drug-likeness (QED) is 0.738. The van der Waals surface area contributed by atoms with Crippen LogP contribution in [0, 0.1) is 0 Å². The molecule has 0 aliphatic heterocycles. The van der Waals surface area contributed by atoms with Gasteiger partial charge in [0.25, 0.3) is 5.56 Å². The fourth-order valence-electron chi connectivity index (χ4n) is 2.51. The molecule has 5 nitrogen and oxygen atoms in total. The number of H-pyrrole nitrogens is 1. The van der Waals surface area contributed by atoms with Gasteiger partial charge >= 0.3 is 5.97 Å². The lowest BCUT2D eigenvalue weighted by Crippen LogP contribution is -2.14. The average Bonchev–Trinajstić information content (AvgIpc) is 2.55. The van der Waals surface area contributed by atoms with Gasteiger partial charge in [-0.2, -0.15) is 0 Å². The average molecular weight is 343 g/mol. The van der Waals surface area contributed by atoms with Gasteiger partial charge in [0.2, 0.25) is 0 Å². The highest BCUT2D eigenvalue weighted by Gasteiger charge is 2.13. The summed E-state index contributed by atoms with van der Waals surface area (Å²) in [5.41, 5.74) is 1.49. The SMILES string of the molecule is CCOC(=O)c1ccccc1Cc1nc2cc(Cl)ccc2c(=O)[nH]1. The second kappa shape index (κ2) is 6.84. The van der Waals surface area contributed by atoms with Crippen LogP contribution in [0.1, 0.15) is 28.7 Å². The van der Waals surface area contributed by atoms with Crippen molar-refractivity contribution >= 4 is 28.5 Å². The minimum absolute atomic E-state index is 0.236. The van der Waals surface area contributed by atoms with Crippen molar-refractivity contribution in [1.29, 1.82) is 0 Å². The van der Waals surface area contributed by atoms with E-state index in [0.29, 0.717) is 40.3 Å². The Morgan fingerprint density at radius 3 is 2.83 bits per heavy atom. The molecule has 0 aliphatic carbocycles. The normalized spacial score (nSPS) is 10.8. The molecule has 0 saturated heterocycles. The van der Waals surface area contributed by atoms with Gasteiger partial charge in [0.05, 0.1) is 23.1 Å². The molecule has 1 N–H and O–H groups in total. The Hall–Kier alpha value is -2.66. The number of ether oxygens (including phenoxy) is 1. The summed E-state index contributed by atoms with van der Waals surface area (Å²) in [5, 5.41) is 0.986. The van der Waals surface area contributed by atoms with Gasteiger partial charge in [0.15, 0.2) is 0 Å². The first-order chi connectivity index (χ1) is 11.6. The molecular weight excluding hydrogens is 328 g/mol. The highest BCUT2D eigenvalue weighted by molar-refractivity contribution is 6.31. The van der Waals surface area contributed by atoms with Gasteiger partial charge in [-0.3, -0.25) is 4.79 Å². The van der Waals surface area contributed by atoms with Crippen LogP contribution >= 0.6 is 11.6 Å². The second-order valence-corrected chi connectivity index (χ2v) is 5.66. The zero-order chi connectivity index (χ0) is 17.1. The van der Waals surface area contributed by atoms with Gasteiger partial charge in [-0.15, -0.1) is 0 Å². The number of halogens is 1. The monoisotopic (exact) mass is 342 g/mol. The number of hydrogen-bond acceptors (Lipinski definition) is 4. The van der Waals surface area contributed by atoms with Crippen LogP contribution in [-0.2, 0) is 11.2 Å². The molecule has 0 radical (unpaired) electrons. The summed E-state index contributed by atoms with van der Waals surface area (Å²) in [6.45, 7) is 2.06. The van der Waals surface area contributed by atoms with Crippen molar-refractivity contribution in [3.05, 3.63) is 74.8 Å². The van der Waals surface area contributed by atoms with E-state index in [4.69, 9.17) is 16.3 Å². The first-order valence-electron chi connectivity index (χ1n) is 7.52. The van der Waals surface area contributed by atoms with Gasteiger partial charge < -0.3 is 9.72 Å². The Kier molecular flexibility index (Phi) is 4.62. The lowest BCUT2D eigenvalue weighted by Gasteiger charge is -2.09. The number of hydrogen-bond donors (Lipinski definition) is 1. The fraction of sp³-hybridized carbons (Fsp3) is 0.167.